The SMILES string of the molecule is [N-]=[N+]=NCC1CN(c2ccccn2)C(=O)O1. The molecule has 0 bridgehead atoms. The van der Waals surface area contributed by atoms with Gasteiger partial charge >= 0.3 is 6.09 Å². The topological polar surface area (TPSA) is 91.2 Å². The number of carbonyl (C=O) groups is 1. The Balaban J connectivity index is 2.08. The molecular weight excluding hydrogens is 210 g/mol. The Hall–Kier alpha value is -2.27. The maximum atomic E-state index is 11.5. The van der Waals surface area contributed by atoms with Crippen LogP contribution >= 0.6 is 0 Å². The first kappa shape index (κ1) is 10.3. The van der Waals surface area contributed by atoms with Gasteiger partial charge in [0, 0.05) is 11.1 Å². The second-order valence-electron chi connectivity index (χ2n) is 3.22. The van der Waals surface area contributed by atoms with Gasteiger partial charge in [0.2, 0.25) is 0 Å². The molecule has 82 valence electrons. The number of nitrogens with zero attached hydrogens (tertiary/aromatic N) is 5. The van der Waals surface area contributed by atoms with E-state index in [1.165, 1.54) is 4.90 Å². The number of hydrogen-bond acceptors (Lipinski definition) is 4. The number of amides is 1. The van der Waals surface area contributed by atoms with Crippen molar-refractivity contribution < 1.29 is 9.53 Å². The predicted molar refractivity (Wildman–Crippen MR) is 55.9 cm³/mol. The van der Waals surface area contributed by atoms with E-state index in [0.717, 1.165) is 0 Å². The second kappa shape index (κ2) is 4.50. The van der Waals surface area contributed by atoms with Crippen LogP contribution in [0.5, 0.6) is 0 Å². The number of aromatic nitrogens is 1. The summed E-state index contributed by atoms with van der Waals surface area (Å²) in [6.07, 6.45) is 0.742. The van der Waals surface area contributed by atoms with Crippen molar-refractivity contribution in [3.63, 3.8) is 0 Å². The van der Waals surface area contributed by atoms with Crippen LogP contribution in [0.4, 0.5) is 10.6 Å². The van der Waals surface area contributed by atoms with Gasteiger partial charge in [0.05, 0.1) is 13.1 Å². The minimum absolute atomic E-state index is 0.144. The molecule has 0 N–H and O–H groups in total. The quantitative estimate of drug-likeness (QED) is 0.440. The normalized spacial score (nSPS) is 19.1. The number of pyridine rings is 1. The molecule has 1 atom stereocenters. The summed E-state index contributed by atoms with van der Waals surface area (Å²) in [5.74, 6) is 0.538. The summed E-state index contributed by atoms with van der Waals surface area (Å²) in [5.41, 5.74) is 8.17. The number of carbonyl (C=O) groups excluding carboxylic acids is 1. The molecule has 7 nitrogen and oxygen atoms in total. The first-order valence-electron chi connectivity index (χ1n) is 4.71. The highest BCUT2D eigenvalue weighted by molar-refractivity contribution is 5.88. The lowest BCUT2D eigenvalue weighted by atomic mass is 10.3. The number of rotatable bonds is 3. The zero-order valence-corrected chi connectivity index (χ0v) is 8.35. The van der Waals surface area contributed by atoms with Crippen molar-refractivity contribution in [3.8, 4) is 0 Å². The molecule has 1 fully saturated rings. The van der Waals surface area contributed by atoms with E-state index in [-0.39, 0.29) is 6.54 Å². The van der Waals surface area contributed by atoms with E-state index in [0.29, 0.717) is 12.4 Å². The molecule has 0 saturated carbocycles. The molecule has 2 heterocycles. The smallest absolute Gasteiger partial charge is 0.415 e. The van der Waals surface area contributed by atoms with E-state index in [4.69, 9.17) is 10.3 Å². The Morgan fingerprint density at radius 2 is 2.56 bits per heavy atom. The highest BCUT2D eigenvalue weighted by Gasteiger charge is 2.32. The Bertz CT molecular complexity index is 429. The Morgan fingerprint density at radius 3 is 3.25 bits per heavy atom. The van der Waals surface area contributed by atoms with Gasteiger partial charge in [0.25, 0.3) is 0 Å². The predicted octanol–water partition coefficient (Wildman–Crippen LogP) is 1.72. The van der Waals surface area contributed by atoms with Crippen molar-refractivity contribution in [3.05, 3.63) is 34.8 Å². The first-order valence-corrected chi connectivity index (χ1v) is 4.71. The van der Waals surface area contributed by atoms with Gasteiger partial charge in [-0.2, -0.15) is 0 Å². The van der Waals surface area contributed by atoms with Crippen LogP contribution < -0.4 is 4.90 Å². The molecule has 1 aromatic rings. The highest BCUT2D eigenvalue weighted by Crippen LogP contribution is 2.18. The van der Waals surface area contributed by atoms with Crippen LogP contribution in [0.3, 0.4) is 0 Å². The van der Waals surface area contributed by atoms with E-state index >= 15 is 0 Å². The number of cyclic esters (lactones) is 1. The van der Waals surface area contributed by atoms with Crippen LogP contribution in [0, 0.1) is 0 Å². The molecule has 1 aliphatic rings. The molecule has 0 aliphatic carbocycles. The van der Waals surface area contributed by atoms with Crippen molar-refractivity contribution in [2.24, 2.45) is 5.11 Å². The molecule has 7 heteroatoms. The van der Waals surface area contributed by atoms with Crippen LogP contribution in [0.2, 0.25) is 0 Å². The third-order valence-electron chi connectivity index (χ3n) is 2.15. The number of hydrogen-bond donors (Lipinski definition) is 0. The zero-order chi connectivity index (χ0) is 11.4. The monoisotopic (exact) mass is 219 g/mol. The average molecular weight is 219 g/mol. The van der Waals surface area contributed by atoms with Gasteiger partial charge in [-0.1, -0.05) is 11.2 Å². The molecular formula is C9H9N5O2. The van der Waals surface area contributed by atoms with Crippen molar-refractivity contribution in [1.82, 2.24) is 4.98 Å². The molecule has 2 rings (SSSR count). The van der Waals surface area contributed by atoms with Crippen LogP contribution in [0.1, 0.15) is 0 Å². The lowest BCUT2D eigenvalue weighted by Gasteiger charge is -2.10. The van der Waals surface area contributed by atoms with Gasteiger partial charge in [-0.05, 0) is 17.7 Å². The van der Waals surface area contributed by atoms with Crippen molar-refractivity contribution >= 4 is 11.9 Å². The second-order valence-corrected chi connectivity index (χ2v) is 3.22. The lowest BCUT2D eigenvalue weighted by molar-refractivity contribution is 0.145. The van der Waals surface area contributed by atoms with Gasteiger partial charge in [-0.3, -0.25) is 4.90 Å². The van der Waals surface area contributed by atoms with Crippen molar-refractivity contribution in [1.29, 1.82) is 0 Å². The largest absolute Gasteiger partial charge is 0.444 e. The molecule has 16 heavy (non-hydrogen) atoms. The molecule has 0 radical (unpaired) electrons. The standard InChI is InChI=1S/C9H9N5O2/c10-13-12-5-7-6-14(9(15)16-7)8-3-1-2-4-11-8/h1-4,7H,5-6H2. The van der Waals surface area contributed by atoms with Crippen molar-refractivity contribution in [2.45, 2.75) is 6.10 Å². The number of ether oxygens (including phenoxy) is 1. The molecule has 1 aromatic heterocycles. The summed E-state index contributed by atoms with van der Waals surface area (Å²) < 4.78 is 5.01. The summed E-state index contributed by atoms with van der Waals surface area (Å²) >= 11 is 0. The summed E-state index contributed by atoms with van der Waals surface area (Å²) in [7, 11) is 0. The molecule has 1 unspecified atom stereocenters. The Morgan fingerprint density at radius 1 is 1.69 bits per heavy atom. The fourth-order valence-corrected chi connectivity index (χ4v) is 1.44. The molecule has 0 aromatic carbocycles. The van der Waals surface area contributed by atoms with Crippen molar-refractivity contribution in [2.75, 3.05) is 18.0 Å². The Kier molecular flexibility index (Phi) is 2.88. The highest BCUT2D eigenvalue weighted by atomic mass is 16.6. The number of anilines is 1. The molecule has 0 spiro atoms. The van der Waals surface area contributed by atoms with E-state index in [1.54, 1.807) is 24.4 Å². The summed E-state index contributed by atoms with van der Waals surface area (Å²) in [6, 6.07) is 5.27. The van der Waals surface area contributed by atoms with Crippen LogP contribution in [0.25, 0.3) is 10.4 Å². The van der Waals surface area contributed by atoms with E-state index < -0.39 is 12.2 Å². The van der Waals surface area contributed by atoms with Crippen LogP contribution in [-0.2, 0) is 4.74 Å². The van der Waals surface area contributed by atoms with E-state index in [2.05, 4.69) is 15.0 Å². The maximum absolute atomic E-state index is 11.5. The first-order chi connectivity index (χ1) is 7.81. The van der Waals surface area contributed by atoms with Gasteiger partial charge < -0.3 is 4.74 Å². The van der Waals surface area contributed by atoms with Gasteiger partial charge in [0.15, 0.2) is 0 Å². The van der Waals surface area contributed by atoms with Gasteiger partial charge in [-0.25, -0.2) is 9.78 Å². The minimum atomic E-state index is -0.461. The fourth-order valence-electron chi connectivity index (χ4n) is 1.44. The molecule has 1 saturated heterocycles. The average Bonchev–Trinajstić information content (AvgIpc) is 2.69. The van der Waals surface area contributed by atoms with Gasteiger partial charge in [0.1, 0.15) is 11.9 Å². The third-order valence-corrected chi connectivity index (χ3v) is 2.15. The molecule has 1 amide bonds. The fraction of sp³-hybridized carbons (Fsp3) is 0.333. The maximum Gasteiger partial charge on any atom is 0.415 e. The zero-order valence-electron chi connectivity index (χ0n) is 8.35. The molecule has 1 aliphatic heterocycles. The third kappa shape index (κ3) is 2.04. The summed E-state index contributed by atoms with van der Waals surface area (Å²) in [6.45, 7) is 0.500. The summed E-state index contributed by atoms with van der Waals surface area (Å²) in [4.78, 5) is 19.6. The Labute approximate surface area is 91.3 Å². The van der Waals surface area contributed by atoms with Crippen LogP contribution in [0.15, 0.2) is 29.5 Å². The van der Waals surface area contributed by atoms with Crippen LogP contribution in [-0.4, -0.2) is 30.3 Å². The number of azide groups is 1. The van der Waals surface area contributed by atoms with Gasteiger partial charge in [-0.15, -0.1) is 0 Å². The van der Waals surface area contributed by atoms with E-state index in [9.17, 15) is 4.79 Å². The summed E-state index contributed by atoms with van der Waals surface area (Å²) in [5, 5.41) is 3.37. The van der Waals surface area contributed by atoms with E-state index in [1.807, 2.05) is 0 Å². The lowest BCUT2D eigenvalue weighted by Crippen LogP contribution is -2.25. The minimum Gasteiger partial charge on any atom is -0.444 e.